The fourth-order valence-corrected chi connectivity index (χ4v) is 2.62. The van der Waals surface area contributed by atoms with Crippen LogP contribution in [0.25, 0.3) is 0 Å². The maximum Gasteiger partial charge on any atom is 0.125 e. The minimum atomic E-state index is -0.458. The molecule has 0 aromatic heterocycles. The lowest BCUT2D eigenvalue weighted by Crippen LogP contribution is -2.42. The standard InChI is InChI=1S/C15H19ClN2/c1-14(2)7-9-15(11-17,10-8-14)18-13-6-4-3-5-12(13)16/h3-6,18H,7-10H2,1-2H3. The molecule has 0 aliphatic heterocycles. The highest BCUT2D eigenvalue weighted by molar-refractivity contribution is 6.33. The van der Waals surface area contributed by atoms with Gasteiger partial charge in [0.1, 0.15) is 5.54 Å². The SMILES string of the molecule is CC1(C)CCC(C#N)(Nc2ccccc2Cl)CC1. The van der Waals surface area contributed by atoms with Crippen LogP contribution in [0.1, 0.15) is 39.5 Å². The molecule has 0 amide bonds. The zero-order chi connectivity index (χ0) is 13.2. The van der Waals surface area contributed by atoms with Crippen LogP contribution in [0, 0.1) is 16.7 Å². The Morgan fingerprint density at radius 2 is 1.78 bits per heavy atom. The summed E-state index contributed by atoms with van der Waals surface area (Å²) in [6.07, 6.45) is 3.89. The molecule has 96 valence electrons. The predicted molar refractivity (Wildman–Crippen MR) is 75.7 cm³/mol. The van der Waals surface area contributed by atoms with Gasteiger partial charge in [0.25, 0.3) is 0 Å². The van der Waals surface area contributed by atoms with Crippen molar-refractivity contribution < 1.29 is 0 Å². The normalized spacial score (nSPS) is 21.0. The van der Waals surface area contributed by atoms with E-state index in [1.807, 2.05) is 24.3 Å². The van der Waals surface area contributed by atoms with Crippen LogP contribution in [-0.2, 0) is 0 Å². The summed E-state index contributed by atoms with van der Waals surface area (Å²) < 4.78 is 0. The third-order valence-electron chi connectivity index (χ3n) is 3.92. The van der Waals surface area contributed by atoms with Crippen molar-refractivity contribution in [2.24, 2.45) is 5.41 Å². The smallest absolute Gasteiger partial charge is 0.125 e. The number of nitrogens with zero attached hydrogens (tertiary/aromatic N) is 1. The third kappa shape index (κ3) is 2.79. The first-order chi connectivity index (χ1) is 8.46. The fraction of sp³-hybridized carbons (Fsp3) is 0.533. The van der Waals surface area contributed by atoms with Gasteiger partial charge in [-0.15, -0.1) is 0 Å². The summed E-state index contributed by atoms with van der Waals surface area (Å²) in [6, 6.07) is 10.1. The summed E-state index contributed by atoms with van der Waals surface area (Å²) in [7, 11) is 0. The molecule has 1 aliphatic rings. The summed E-state index contributed by atoms with van der Waals surface area (Å²) in [5, 5.41) is 13.5. The lowest BCUT2D eigenvalue weighted by Gasteiger charge is -2.40. The highest BCUT2D eigenvalue weighted by Crippen LogP contribution is 2.42. The quantitative estimate of drug-likeness (QED) is 0.845. The second-order valence-electron chi connectivity index (χ2n) is 5.96. The molecule has 1 aromatic carbocycles. The van der Waals surface area contributed by atoms with Crippen LogP contribution in [0.4, 0.5) is 5.69 Å². The number of nitriles is 1. The van der Waals surface area contributed by atoms with Gasteiger partial charge in [0.15, 0.2) is 0 Å². The second-order valence-corrected chi connectivity index (χ2v) is 6.37. The van der Waals surface area contributed by atoms with Crippen molar-refractivity contribution in [3.63, 3.8) is 0 Å². The van der Waals surface area contributed by atoms with Crippen molar-refractivity contribution in [3.05, 3.63) is 29.3 Å². The van der Waals surface area contributed by atoms with Crippen LogP contribution in [0.15, 0.2) is 24.3 Å². The number of anilines is 1. The largest absolute Gasteiger partial charge is 0.366 e. The highest BCUT2D eigenvalue weighted by Gasteiger charge is 2.38. The first-order valence-corrected chi connectivity index (χ1v) is 6.78. The number of nitrogens with one attached hydrogen (secondary N) is 1. The molecule has 2 rings (SSSR count). The van der Waals surface area contributed by atoms with Crippen molar-refractivity contribution in [2.75, 3.05) is 5.32 Å². The molecule has 0 atom stereocenters. The van der Waals surface area contributed by atoms with Gasteiger partial charge in [-0.1, -0.05) is 37.6 Å². The van der Waals surface area contributed by atoms with E-state index in [1.165, 1.54) is 0 Å². The van der Waals surface area contributed by atoms with Crippen molar-refractivity contribution in [1.82, 2.24) is 0 Å². The van der Waals surface area contributed by atoms with Gasteiger partial charge in [-0.25, -0.2) is 0 Å². The Morgan fingerprint density at radius 1 is 1.17 bits per heavy atom. The molecular weight excluding hydrogens is 244 g/mol. The number of halogens is 1. The predicted octanol–water partition coefficient (Wildman–Crippen LogP) is 4.61. The van der Waals surface area contributed by atoms with Gasteiger partial charge < -0.3 is 5.32 Å². The Balaban J connectivity index is 2.16. The Morgan fingerprint density at radius 3 is 2.33 bits per heavy atom. The monoisotopic (exact) mass is 262 g/mol. The van der Waals surface area contributed by atoms with Crippen LogP contribution in [0.5, 0.6) is 0 Å². The van der Waals surface area contributed by atoms with Crippen LogP contribution < -0.4 is 5.32 Å². The van der Waals surface area contributed by atoms with E-state index >= 15 is 0 Å². The van der Waals surface area contributed by atoms with Gasteiger partial charge in [-0.2, -0.15) is 5.26 Å². The van der Waals surface area contributed by atoms with E-state index in [9.17, 15) is 5.26 Å². The van der Waals surface area contributed by atoms with Crippen molar-refractivity contribution in [1.29, 1.82) is 5.26 Å². The van der Waals surface area contributed by atoms with Gasteiger partial charge in [0, 0.05) is 0 Å². The molecule has 3 heteroatoms. The summed E-state index contributed by atoms with van der Waals surface area (Å²) in [4.78, 5) is 0. The molecule has 0 bridgehead atoms. The van der Waals surface area contributed by atoms with E-state index in [4.69, 9.17) is 11.6 Å². The van der Waals surface area contributed by atoms with E-state index < -0.39 is 5.54 Å². The van der Waals surface area contributed by atoms with Gasteiger partial charge in [0.2, 0.25) is 0 Å². The first kappa shape index (κ1) is 13.2. The summed E-state index contributed by atoms with van der Waals surface area (Å²) in [5.74, 6) is 0. The molecule has 0 heterocycles. The molecule has 0 spiro atoms. The van der Waals surface area contributed by atoms with E-state index in [2.05, 4.69) is 25.2 Å². The number of rotatable bonds is 2. The molecule has 1 N–H and O–H groups in total. The molecule has 0 unspecified atom stereocenters. The Labute approximate surface area is 114 Å². The van der Waals surface area contributed by atoms with E-state index in [0.29, 0.717) is 10.4 Å². The number of benzene rings is 1. The lowest BCUT2D eigenvalue weighted by atomic mass is 9.70. The zero-order valence-corrected chi connectivity index (χ0v) is 11.7. The van der Waals surface area contributed by atoms with Gasteiger partial charge in [0.05, 0.1) is 16.8 Å². The molecule has 1 saturated carbocycles. The Bertz CT molecular complexity index is 464. The highest BCUT2D eigenvalue weighted by atomic mass is 35.5. The maximum absolute atomic E-state index is 9.51. The molecule has 2 nitrogen and oxygen atoms in total. The molecule has 0 saturated heterocycles. The second kappa shape index (κ2) is 4.82. The number of hydrogen-bond donors (Lipinski definition) is 1. The third-order valence-corrected chi connectivity index (χ3v) is 4.25. The average Bonchev–Trinajstić information content (AvgIpc) is 2.35. The minimum Gasteiger partial charge on any atom is -0.366 e. The molecule has 1 aliphatic carbocycles. The molecule has 0 radical (unpaired) electrons. The lowest BCUT2D eigenvalue weighted by molar-refractivity contribution is 0.206. The Hall–Kier alpha value is -1.20. The topological polar surface area (TPSA) is 35.8 Å². The van der Waals surface area contributed by atoms with Crippen LogP contribution in [0.2, 0.25) is 5.02 Å². The Kier molecular flexibility index (Phi) is 3.54. The van der Waals surface area contributed by atoms with Gasteiger partial charge in [-0.3, -0.25) is 0 Å². The minimum absolute atomic E-state index is 0.350. The fourth-order valence-electron chi connectivity index (χ4n) is 2.44. The van der Waals surface area contributed by atoms with Crippen molar-refractivity contribution in [2.45, 2.75) is 45.1 Å². The van der Waals surface area contributed by atoms with Crippen LogP contribution in [-0.4, -0.2) is 5.54 Å². The molecular formula is C15H19ClN2. The maximum atomic E-state index is 9.51. The van der Waals surface area contributed by atoms with E-state index in [0.717, 1.165) is 31.4 Å². The number of hydrogen-bond acceptors (Lipinski definition) is 2. The summed E-state index contributed by atoms with van der Waals surface area (Å²) >= 11 is 6.15. The van der Waals surface area contributed by atoms with Crippen molar-refractivity contribution >= 4 is 17.3 Å². The zero-order valence-electron chi connectivity index (χ0n) is 11.0. The average molecular weight is 263 g/mol. The molecule has 18 heavy (non-hydrogen) atoms. The summed E-state index contributed by atoms with van der Waals surface area (Å²) in [5.41, 5.74) is 0.753. The first-order valence-electron chi connectivity index (χ1n) is 6.40. The van der Waals surface area contributed by atoms with Crippen LogP contribution in [0.3, 0.4) is 0 Å². The van der Waals surface area contributed by atoms with E-state index in [1.54, 1.807) is 0 Å². The van der Waals surface area contributed by atoms with Gasteiger partial charge in [-0.05, 0) is 43.2 Å². The summed E-state index contributed by atoms with van der Waals surface area (Å²) in [6.45, 7) is 4.54. The number of para-hydroxylation sites is 1. The van der Waals surface area contributed by atoms with Gasteiger partial charge >= 0.3 is 0 Å². The van der Waals surface area contributed by atoms with E-state index in [-0.39, 0.29) is 0 Å². The van der Waals surface area contributed by atoms with Crippen molar-refractivity contribution in [3.8, 4) is 6.07 Å². The molecule has 1 fully saturated rings. The molecule has 1 aromatic rings. The van der Waals surface area contributed by atoms with Crippen LogP contribution >= 0.6 is 11.6 Å².